The summed E-state index contributed by atoms with van der Waals surface area (Å²) in [5, 5.41) is 8.26. The molecule has 0 unspecified atom stereocenters. The molecule has 0 aliphatic heterocycles. The Morgan fingerprint density at radius 1 is 1.04 bits per heavy atom. The number of benzene rings is 1. The lowest BCUT2D eigenvalue weighted by molar-refractivity contribution is 0.330. The molecule has 0 amide bonds. The molecule has 136 valence electrons. The van der Waals surface area contributed by atoms with E-state index in [0.717, 1.165) is 22.4 Å². The Kier molecular flexibility index (Phi) is 3.99. The van der Waals surface area contributed by atoms with Crippen molar-refractivity contribution in [1.82, 2.24) is 20.1 Å². The van der Waals surface area contributed by atoms with Crippen molar-refractivity contribution in [2.45, 2.75) is 26.2 Å². The van der Waals surface area contributed by atoms with Gasteiger partial charge in [0.1, 0.15) is 17.3 Å². The fourth-order valence-corrected chi connectivity index (χ4v) is 2.68. The predicted molar refractivity (Wildman–Crippen MR) is 106 cm³/mol. The van der Waals surface area contributed by atoms with E-state index in [9.17, 15) is 0 Å². The Morgan fingerprint density at radius 3 is 2.59 bits per heavy atom. The molecule has 3 heterocycles. The molecule has 0 spiro atoms. The zero-order valence-electron chi connectivity index (χ0n) is 15.4. The maximum absolute atomic E-state index is 6.13. The summed E-state index contributed by atoms with van der Waals surface area (Å²) in [5.74, 6) is 1.50. The maximum Gasteiger partial charge on any atom is 0.229 e. The summed E-state index contributed by atoms with van der Waals surface area (Å²) >= 11 is 0. The van der Waals surface area contributed by atoms with E-state index in [4.69, 9.17) is 10.3 Å². The molecule has 0 bridgehead atoms. The molecule has 0 radical (unpaired) electrons. The van der Waals surface area contributed by atoms with Gasteiger partial charge in [0, 0.05) is 23.1 Å². The van der Waals surface area contributed by atoms with Crippen molar-refractivity contribution < 1.29 is 4.52 Å². The number of nitrogen functional groups attached to an aromatic ring is 1. The molecule has 0 aliphatic rings. The van der Waals surface area contributed by atoms with E-state index < -0.39 is 0 Å². The molecule has 1 aromatic carbocycles. The van der Waals surface area contributed by atoms with Crippen LogP contribution in [-0.2, 0) is 5.41 Å². The summed E-state index contributed by atoms with van der Waals surface area (Å²) < 4.78 is 5.42. The fourth-order valence-electron chi connectivity index (χ4n) is 2.68. The number of rotatable bonds is 3. The lowest BCUT2D eigenvalue weighted by Crippen LogP contribution is -2.09. The van der Waals surface area contributed by atoms with Crippen molar-refractivity contribution >= 4 is 28.4 Å². The molecular weight excluding hydrogens is 340 g/mol. The van der Waals surface area contributed by atoms with Crippen molar-refractivity contribution in [3.63, 3.8) is 0 Å². The first-order chi connectivity index (χ1) is 12.9. The van der Waals surface area contributed by atoms with Crippen LogP contribution >= 0.6 is 0 Å². The number of nitrogens with one attached hydrogen (secondary N) is 1. The first-order valence-corrected chi connectivity index (χ1v) is 8.62. The van der Waals surface area contributed by atoms with Crippen LogP contribution in [0.15, 0.2) is 53.3 Å². The number of nitrogens with zero attached hydrogens (tertiary/aromatic N) is 4. The monoisotopic (exact) mass is 360 g/mol. The van der Waals surface area contributed by atoms with Crippen LogP contribution in [0.1, 0.15) is 26.5 Å². The molecule has 0 fully saturated rings. The number of para-hydroxylation sites is 1. The standard InChI is InChI=1S/C20H20N6O/c1-20(2,3)17-9-16(26-27-17)14-11-23-19(25-18(14)21)24-13-8-12-6-4-5-7-15(12)22-10-13/h4-11H,1-3H3,(H3,21,23,24,25). The first-order valence-electron chi connectivity index (χ1n) is 8.62. The van der Waals surface area contributed by atoms with E-state index >= 15 is 0 Å². The number of nitrogens with two attached hydrogens (primary N) is 1. The molecule has 7 nitrogen and oxygen atoms in total. The van der Waals surface area contributed by atoms with Gasteiger partial charge >= 0.3 is 0 Å². The zero-order chi connectivity index (χ0) is 19.0. The summed E-state index contributed by atoms with van der Waals surface area (Å²) in [5.41, 5.74) is 8.97. The van der Waals surface area contributed by atoms with E-state index in [-0.39, 0.29) is 5.41 Å². The molecule has 3 N–H and O–H groups in total. The van der Waals surface area contributed by atoms with Crippen molar-refractivity contribution in [3.8, 4) is 11.3 Å². The highest BCUT2D eigenvalue weighted by Crippen LogP contribution is 2.30. The van der Waals surface area contributed by atoms with Gasteiger partial charge in [-0.15, -0.1) is 0 Å². The van der Waals surface area contributed by atoms with Crippen LogP contribution in [0.5, 0.6) is 0 Å². The van der Waals surface area contributed by atoms with E-state index in [1.807, 2.05) is 36.4 Å². The summed E-state index contributed by atoms with van der Waals surface area (Å²) in [6.45, 7) is 6.17. The van der Waals surface area contributed by atoms with Gasteiger partial charge in [-0.2, -0.15) is 4.98 Å². The molecule has 0 aliphatic carbocycles. The number of hydrogen-bond donors (Lipinski definition) is 2. The molecule has 7 heteroatoms. The second kappa shape index (κ2) is 6.35. The van der Waals surface area contributed by atoms with Crippen LogP contribution in [-0.4, -0.2) is 20.1 Å². The van der Waals surface area contributed by atoms with E-state index in [2.05, 4.69) is 46.2 Å². The van der Waals surface area contributed by atoms with E-state index in [1.165, 1.54) is 0 Å². The second-order valence-corrected chi connectivity index (χ2v) is 7.36. The Balaban J connectivity index is 1.60. The van der Waals surface area contributed by atoms with Crippen molar-refractivity contribution in [3.05, 3.63) is 54.6 Å². The summed E-state index contributed by atoms with van der Waals surface area (Å²) in [7, 11) is 0. The number of aromatic nitrogens is 4. The SMILES string of the molecule is CC(C)(C)c1cc(-c2cnc(Nc3cnc4ccccc4c3)nc2N)no1. The topological polar surface area (TPSA) is 103 Å². The third-order valence-corrected chi connectivity index (χ3v) is 4.19. The Labute approximate surface area is 156 Å². The van der Waals surface area contributed by atoms with Gasteiger partial charge in [-0.3, -0.25) is 4.98 Å². The minimum Gasteiger partial charge on any atom is -0.383 e. The molecule has 0 saturated carbocycles. The Bertz CT molecular complexity index is 1110. The molecule has 3 aromatic heterocycles. The number of pyridine rings is 1. The van der Waals surface area contributed by atoms with Crippen LogP contribution in [0.25, 0.3) is 22.2 Å². The Hall–Kier alpha value is -3.48. The Morgan fingerprint density at radius 2 is 1.85 bits per heavy atom. The molecule has 4 aromatic rings. The average molecular weight is 360 g/mol. The minimum absolute atomic E-state index is 0.133. The maximum atomic E-state index is 6.13. The average Bonchev–Trinajstić information content (AvgIpc) is 3.12. The summed E-state index contributed by atoms with van der Waals surface area (Å²) in [6.07, 6.45) is 3.38. The normalized spacial score (nSPS) is 11.7. The molecule has 27 heavy (non-hydrogen) atoms. The highest BCUT2D eigenvalue weighted by atomic mass is 16.5. The van der Waals surface area contributed by atoms with Gasteiger partial charge in [0.25, 0.3) is 0 Å². The third kappa shape index (κ3) is 3.44. The van der Waals surface area contributed by atoms with Crippen LogP contribution in [0.3, 0.4) is 0 Å². The van der Waals surface area contributed by atoms with Crippen LogP contribution < -0.4 is 11.1 Å². The number of fused-ring (bicyclic) bond motifs is 1. The highest BCUT2D eigenvalue weighted by molar-refractivity contribution is 5.82. The van der Waals surface area contributed by atoms with Crippen LogP contribution in [0.4, 0.5) is 17.5 Å². The van der Waals surface area contributed by atoms with Crippen molar-refractivity contribution in [2.24, 2.45) is 0 Å². The highest BCUT2D eigenvalue weighted by Gasteiger charge is 2.21. The van der Waals surface area contributed by atoms with Gasteiger partial charge in [0.2, 0.25) is 5.95 Å². The molecule has 4 rings (SSSR count). The minimum atomic E-state index is -0.133. The van der Waals surface area contributed by atoms with Gasteiger partial charge in [-0.1, -0.05) is 44.1 Å². The van der Waals surface area contributed by atoms with Gasteiger partial charge in [0.15, 0.2) is 0 Å². The molecule has 0 atom stereocenters. The van der Waals surface area contributed by atoms with Gasteiger partial charge in [0.05, 0.1) is 23.0 Å². The summed E-state index contributed by atoms with van der Waals surface area (Å²) in [4.78, 5) is 13.1. The summed E-state index contributed by atoms with van der Waals surface area (Å²) in [6, 6.07) is 11.8. The molecular formula is C20H20N6O. The van der Waals surface area contributed by atoms with E-state index in [0.29, 0.717) is 23.0 Å². The second-order valence-electron chi connectivity index (χ2n) is 7.36. The lowest BCUT2D eigenvalue weighted by Gasteiger charge is -2.12. The lowest BCUT2D eigenvalue weighted by atomic mass is 9.93. The quantitative estimate of drug-likeness (QED) is 0.561. The third-order valence-electron chi connectivity index (χ3n) is 4.19. The van der Waals surface area contributed by atoms with Gasteiger partial charge in [-0.05, 0) is 12.1 Å². The first kappa shape index (κ1) is 17.0. The van der Waals surface area contributed by atoms with Crippen molar-refractivity contribution in [1.29, 1.82) is 0 Å². The van der Waals surface area contributed by atoms with Gasteiger partial charge in [-0.25, -0.2) is 4.98 Å². The number of anilines is 3. The van der Waals surface area contributed by atoms with Crippen molar-refractivity contribution in [2.75, 3.05) is 11.1 Å². The van der Waals surface area contributed by atoms with Crippen LogP contribution in [0.2, 0.25) is 0 Å². The smallest absolute Gasteiger partial charge is 0.229 e. The molecule has 0 saturated heterocycles. The largest absolute Gasteiger partial charge is 0.383 e. The zero-order valence-corrected chi connectivity index (χ0v) is 15.4. The van der Waals surface area contributed by atoms with Gasteiger partial charge < -0.3 is 15.6 Å². The predicted octanol–water partition coefficient (Wildman–Crippen LogP) is 4.30. The fraction of sp³-hybridized carbons (Fsp3) is 0.200. The number of hydrogen-bond acceptors (Lipinski definition) is 7. The van der Waals surface area contributed by atoms with Crippen LogP contribution in [0, 0.1) is 0 Å². The van der Waals surface area contributed by atoms with E-state index in [1.54, 1.807) is 12.4 Å².